The highest BCUT2D eigenvalue weighted by Gasteiger charge is 2.17. The second kappa shape index (κ2) is 8.05. The van der Waals surface area contributed by atoms with Gasteiger partial charge in [0.2, 0.25) is 11.8 Å². The number of nitrogens with one attached hydrogen (secondary N) is 1. The lowest BCUT2D eigenvalue weighted by molar-refractivity contribution is -0.136. The van der Waals surface area contributed by atoms with Gasteiger partial charge in [-0.2, -0.15) is 0 Å². The lowest BCUT2D eigenvalue weighted by Gasteiger charge is -2.26. The van der Waals surface area contributed by atoms with Crippen molar-refractivity contribution in [3.8, 4) is 0 Å². The molecule has 5 nitrogen and oxygen atoms in total. The van der Waals surface area contributed by atoms with Crippen LogP contribution >= 0.6 is 11.8 Å². The molecule has 21 heavy (non-hydrogen) atoms. The molecule has 1 fully saturated rings. The average Bonchev–Trinajstić information content (AvgIpc) is 2.54. The molecule has 0 aliphatic carbocycles. The maximum absolute atomic E-state index is 11.9. The molecule has 0 atom stereocenters. The number of ether oxygens (including phenoxy) is 1. The molecule has 1 aliphatic heterocycles. The van der Waals surface area contributed by atoms with E-state index in [1.807, 2.05) is 30.5 Å². The molecule has 1 aromatic rings. The van der Waals surface area contributed by atoms with Gasteiger partial charge in [0.25, 0.3) is 0 Å². The minimum Gasteiger partial charge on any atom is -0.378 e. The van der Waals surface area contributed by atoms with Crippen LogP contribution in [-0.4, -0.2) is 49.3 Å². The predicted molar refractivity (Wildman–Crippen MR) is 83.5 cm³/mol. The molecule has 1 aromatic carbocycles. The molecule has 0 unspecified atom stereocenters. The van der Waals surface area contributed by atoms with Gasteiger partial charge in [-0.05, 0) is 30.5 Å². The third kappa shape index (κ3) is 5.06. The van der Waals surface area contributed by atoms with Crippen molar-refractivity contribution >= 4 is 29.3 Å². The summed E-state index contributed by atoms with van der Waals surface area (Å²) in [7, 11) is 0. The fourth-order valence-electron chi connectivity index (χ4n) is 2.09. The minimum atomic E-state index is -0.131. The SMILES string of the molecule is CSc1ccc(NC(=O)CCC(=O)N2CCOCC2)cc1. The van der Waals surface area contributed by atoms with Crippen molar-refractivity contribution in [2.24, 2.45) is 0 Å². The van der Waals surface area contributed by atoms with Crippen molar-refractivity contribution < 1.29 is 14.3 Å². The molecular formula is C15H20N2O3S. The zero-order valence-electron chi connectivity index (χ0n) is 12.1. The van der Waals surface area contributed by atoms with Crippen LogP contribution in [0.2, 0.25) is 0 Å². The summed E-state index contributed by atoms with van der Waals surface area (Å²) >= 11 is 1.65. The summed E-state index contributed by atoms with van der Waals surface area (Å²) in [5.74, 6) is -0.111. The highest BCUT2D eigenvalue weighted by Crippen LogP contribution is 2.17. The Balaban J connectivity index is 1.74. The zero-order valence-corrected chi connectivity index (χ0v) is 12.9. The van der Waals surface area contributed by atoms with E-state index in [1.165, 1.54) is 0 Å². The van der Waals surface area contributed by atoms with Crippen LogP contribution in [0.1, 0.15) is 12.8 Å². The molecule has 1 heterocycles. The Labute approximate surface area is 129 Å². The summed E-state index contributed by atoms with van der Waals surface area (Å²) in [4.78, 5) is 26.7. The third-order valence-corrected chi connectivity index (χ3v) is 4.05. The van der Waals surface area contributed by atoms with Crippen molar-refractivity contribution in [1.82, 2.24) is 4.90 Å². The van der Waals surface area contributed by atoms with Crippen LogP contribution in [0.4, 0.5) is 5.69 Å². The standard InChI is InChI=1S/C15H20N2O3S/c1-21-13-4-2-12(3-5-13)16-14(18)6-7-15(19)17-8-10-20-11-9-17/h2-5H,6-11H2,1H3,(H,16,18). The van der Waals surface area contributed by atoms with E-state index in [2.05, 4.69) is 5.32 Å². The second-order valence-electron chi connectivity index (χ2n) is 4.77. The number of nitrogens with zero attached hydrogens (tertiary/aromatic N) is 1. The van der Waals surface area contributed by atoms with Crippen molar-refractivity contribution in [1.29, 1.82) is 0 Å². The molecule has 1 aliphatic rings. The molecule has 2 rings (SSSR count). The van der Waals surface area contributed by atoms with E-state index >= 15 is 0 Å². The van der Waals surface area contributed by atoms with Gasteiger partial charge in [0, 0.05) is 36.5 Å². The van der Waals surface area contributed by atoms with Gasteiger partial charge in [-0.1, -0.05) is 0 Å². The first-order valence-electron chi connectivity index (χ1n) is 6.98. The Kier molecular flexibility index (Phi) is 6.07. The number of morpholine rings is 1. The zero-order chi connectivity index (χ0) is 15.1. The first-order valence-corrected chi connectivity index (χ1v) is 8.21. The molecule has 0 aromatic heterocycles. The van der Waals surface area contributed by atoms with Gasteiger partial charge in [-0.15, -0.1) is 11.8 Å². The molecule has 6 heteroatoms. The monoisotopic (exact) mass is 308 g/mol. The largest absolute Gasteiger partial charge is 0.378 e. The van der Waals surface area contributed by atoms with Crippen molar-refractivity contribution in [2.45, 2.75) is 17.7 Å². The first-order chi connectivity index (χ1) is 10.2. The molecule has 0 saturated carbocycles. The van der Waals surface area contributed by atoms with Gasteiger partial charge < -0.3 is 15.0 Å². The molecule has 0 radical (unpaired) electrons. The molecule has 0 spiro atoms. The predicted octanol–water partition coefficient (Wildman–Crippen LogP) is 1.99. The van der Waals surface area contributed by atoms with E-state index in [1.54, 1.807) is 16.7 Å². The Morgan fingerprint density at radius 1 is 1.19 bits per heavy atom. The fraction of sp³-hybridized carbons (Fsp3) is 0.467. The number of rotatable bonds is 5. The van der Waals surface area contributed by atoms with Crippen LogP contribution in [0, 0.1) is 0 Å². The summed E-state index contributed by atoms with van der Waals surface area (Å²) in [5, 5.41) is 2.81. The maximum Gasteiger partial charge on any atom is 0.224 e. The van der Waals surface area contributed by atoms with Crippen LogP contribution < -0.4 is 5.32 Å². The average molecular weight is 308 g/mol. The minimum absolute atomic E-state index is 0.0196. The molecule has 0 bridgehead atoms. The van der Waals surface area contributed by atoms with E-state index in [4.69, 9.17) is 4.74 Å². The summed E-state index contributed by atoms with van der Waals surface area (Å²) in [6, 6.07) is 7.65. The van der Waals surface area contributed by atoms with Gasteiger partial charge in [0.15, 0.2) is 0 Å². The Hall–Kier alpha value is -1.53. The lowest BCUT2D eigenvalue weighted by atomic mass is 10.2. The van der Waals surface area contributed by atoms with Gasteiger partial charge in [-0.3, -0.25) is 9.59 Å². The number of anilines is 1. The lowest BCUT2D eigenvalue weighted by Crippen LogP contribution is -2.40. The number of amides is 2. The molecule has 1 saturated heterocycles. The summed E-state index contributed by atoms with van der Waals surface area (Å²) < 4.78 is 5.20. The van der Waals surface area contributed by atoms with Gasteiger partial charge in [-0.25, -0.2) is 0 Å². The van der Waals surface area contributed by atoms with Crippen LogP contribution in [0.3, 0.4) is 0 Å². The van der Waals surface area contributed by atoms with Crippen molar-refractivity contribution in [3.63, 3.8) is 0 Å². The third-order valence-electron chi connectivity index (χ3n) is 3.30. The quantitative estimate of drug-likeness (QED) is 0.845. The van der Waals surface area contributed by atoms with Crippen LogP contribution in [0.5, 0.6) is 0 Å². The van der Waals surface area contributed by atoms with E-state index in [9.17, 15) is 9.59 Å². The number of carbonyl (C=O) groups is 2. The van der Waals surface area contributed by atoms with Crippen LogP contribution in [0.25, 0.3) is 0 Å². The Bertz CT molecular complexity index is 484. The normalized spacial score (nSPS) is 14.8. The highest BCUT2D eigenvalue weighted by molar-refractivity contribution is 7.98. The van der Waals surface area contributed by atoms with Crippen molar-refractivity contribution in [2.75, 3.05) is 37.9 Å². The summed E-state index contributed by atoms with van der Waals surface area (Å²) in [6.07, 6.45) is 2.46. The second-order valence-corrected chi connectivity index (χ2v) is 5.65. The van der Waals surface area contributed by atoms with E-state index in [0.717, 1.165) is 10.6 Å². The fourth-order valence-corrected chi connectivity index (χ4v) is 2.50. The maximum atomic E-state index is 11.9. The number of hydrogen-bond acceptors (Lipinski definition) is 4. The molecule has 1 N–H and O–H groups in total. The molecule has 114 valence electrons. The number of carbonyl (C=O) groups excluding carboxylic acids is 2. The van der Waals surface area contributed by atoms with E-state index < -0.39 is 0 Å². The molecular weight excluding hydrogens is 288 g/mol. The van der Waals surface area contributed by atoms with Crippen molar-refractivity contribution in [3.05, 3.63) is 24.3 Å². The summed E-state index contributed by atoms with van der Waals surface area (Å²) in [5.41, 5.74) is 0.761. The first kappa shape index (κ1) is 15.9. The highest BCUT2D eigenvalue weighted by atomic mass is 32.2. The number of thioether (sulfide) groups is 1. The smallest absolute Gasteiger partial charge is 0.224 e. The Morgan fingerprint density at radius 3 is 2.48 bits per heavy atom. The summed E-state index contributed by atoms with van der Waals surface area (Å²) in [6.45, 7) is 2.41. The van der Waals surface area contributed by atoms with Gasteiger partial charge in [0.05, 0.1) is 13.2 Å². The van der Waals surface area contributed by atoms with Crippen LogP contribution in [0.15, 0.2) is 29.2 Å². The molecule has 2 amide bonds. The van der Waals surface area contributed by atoms with Crippen LogP contribution in [-0.2, 0) is 14.3 Å². The topological polar surface area (TPSA) is 58.6 Å². The number of benzene rings is 1. The van der Waals surface area contributed by atoms with E-state index in [-0.39, 0.29) is 24.7 Å². The van der Waals surface area contributed by atoms with Gasteiger partial charge in [0.1, 0.15) is 0 Å². The number of hydrogen-bond donors (Lipinski definition) is 1. The van der Waals surface area contributed by atoms with Gasteiger partial charge >= 0.3 is 0 Å². The van der Waals surface area contributed by atoms with E-state index in [0.29, 0.717) is 26.3 Å². The Morgan fingerprint density at radius 2 is 1.86 bits per heavy atom.